The second kappa shape index (κ2) is 7.38. The van der Waals surface area contributed by atoms with Crippen LogP contribution in [-0.4, -0.2) is 73.7 Å². The van der Waals surface area contributed by atoms with Crippen LogP contribution in [-0.2, 0) is 9.53 Å². The van der Waals surface area contributed by atoms with E-state index in [-0.39, 0.29) is 11.9 Å². The SMILES string of the molecule is C=C(CN1CCN(C2COC2)CC1)C(=O)N[C@@H](C)C(C)C. The van der Waals surface area contributed by atoms with Crippen LogP contribution in [0.5, 0.6) is 0 Å². The van der Waals surface area contributed by atoms with E-state index in [1.54, 1.807) is 0 Å². The predicted octanol–water partition coefficient (Wildman–Crippen LogP) is 0.720. The first-order valence-electron chi connectivity index (χ1n) is 8.00. The highest BCUT2D eigenvalue weighted by molar-refractivity contribution is 5.93. The average Bonchev–Trinajstić information content (AvgIpc) is 2.38. The quantitative estimate of drug-likeness (QED) is 0.734. The number of amides is 1. The molecule has 5 nitrogen and oxygen atoms in total. The fraction of sp³-hybridized carbons (Fsp3) is 0.812. The molecule has 21 heavy (non-hydrogen) atoms. The molecule has 120 valence electrons. The summed E-state index contributed by atoms with van der Waals surface area (Å²) in [5.74, 6) is 0.431. The molecule has 0 unspecified atom stereocenters. The Balaban J connectivity index is 1.69. The number of piperazine rings is 1. The van der Waals surface area contributed by atoms with Gasteiger partial charge in [-0.25, -0.2) is 0 Å². The van der Waals surface area contributed by atoms with Crippen LogP contribution in [0.3, 0.4) is 0 Å². The van der Waals surface area contributed by atoms with Crippen molar-refractivity contribution in [2.45, 2.75) is 32.9 Å². The molecule has 2 fully saturated rings. The van der Waals surface area contributed by atoms with Crippen LogP contribution in [0.1, 0.15) is 20.8 Å². The number of carbonyl (C=O) groups is 1. The molecule has 0 aliphatic carbocycles. The van der Waals surface area contributed by atoms with E-state index in [0.717, 1.165) is 39.4 Å². The highest BCUT2D eigenvalue weighted by Crippen LogP contribution is 2.14. The minimum atomic E-state index is -0.00831. The molecule has 2 heterocycles. The Kier molecular flexibility index (Phi) is 5.79. The van der Waals surface area contributed by atoms with Crippen molar-refractivity contribution in [3.8, 4) is 0 Å². The Morgan fingerprint density at radius 2 is 1.86 bits per heavy atom. The number of hydrogen-bond donors (Lipinski definition) is 1. The highest BCUT2D eigenvalue weighted by Gasteiger charge is 2.29. The average molecular weight is 295 g/mol. The summed E-state index contributed by atoms with van der Waals surface area (Å²) in [7, 11) is 0. The normalized spacial score (nSPS) is 22.9. The van der Waals surface area contributed by atoms with Gasteiger partial charge in [0.2, 0.25) is 5.91 Å². The Labute approximate surface area is 128 Å². The van der Waals surface area contributed by atoms with Gasteiger partial charge in [-0.1, -0.05) is 20.4 Å². The minimum absolute atomic E-state index is 0.00831. The van der Waals surface area contributed by atoms with Crippen LogP contribution in [0.25, 0.3) is 0 Å². The van der Waals surface area contributed by atoms with Crippen molar-refractivity contribution in [1.29, 1.82) is 0 Å². The highest BCUT2D eigenvalue weighted by atomic mass is 16.5. The van der Waals surface area contributed by atoms with Gasteiger partial charge < -0.3 is 10.1 Å². The van der Waals surface area contributed by atoms with E-state index in [0.29, 0.717) is 24.1 Å². The molecule has 2 saturated heterocycles. The maximum Gasteiger partial charge on any atom is 0.248 e. The fourth-order valence-corrected chi connectivity index (χ4v) is 2.54. The third-order valence-electron chi connectivity index (χ3n) is 4.64. The first-order chi connectivity index (χ1) is 9.97. The third-order valence-corrected chi connectivity index (χ3v) is 4.64. The summed E-state index contributed by atoms with van der Waals surface area (Å²) >= 11 is 0. The van der Waals surface area contributed by atoms with Gasteiger partial charge in [0.25, 0.3) is 0 Å². The van der Waals surface area contributed by atoms with E-state index in [1.807, 2.05) is 6.92 Å². The number of rotatable bonds is 6. The van der Waals surface area contributed by atoms with E-state index in [4.69, 9.17) is 4.74 Å². The summed E-state index contributed by atoms with van der Waals surface area (Å²) in [5, 5.41) is 3.02. The summed E-state index contributed by atoms with van der Waals surface area (Å²) in [5.41, 5.74) is 0.669. The molecule has 1 atom stereocenters. The molecule has 0 aromatic carbocycles. The van der Waals surface area contributed by atoms with E-state index in [2.05, 4.69) is 35.5 Å². The Bertz CT molecular complexity index is 372. The smallest absolute Gasteiger partial charge is 0.248 e. The summed E-state index contributed by atoms with van der Waals surface area (Å²) in [4.78, 5) is 16.9. The Morgan fingerprint density at radius 3 is 2.33 bits per heavy atom. The van der Waals surface area contributed by atoms with Gasteiger partial charge in [-0.15, -0.1) is 0 Å². The van der Waals surface area contributed by atoms with Gasteiger partial charge in [-0.2, -0.15) is 0 Å². The lowest BCUT2D eigenvalue weighted by Gasteiger charge is -2.42. The lowest BCUT2D eigenvalue weighted by Crippen LogP contribution is -2.56. The second-order valence-corrected chi connectivity index (χ2v) is 6.61. The molecule has 5 heteroatoms. The van der Waals surface area contributed by atoms with Crippen molar-refractivity contribution in [3.63, 3.8) is 0 Å². The van der Waals surface area contributed by atoms with Crippen LogP contribution >= 0.6 is 0 Å². The van der Waals surface area contributed by atoms with E-state index >= 15 is 0 Å². The molecule has 2 aliphatic heterocycles. The van der Waals surface area contributed by atoms with Gasteiger partial charge >= 0.3 is 0 Å². The summed E-state index contributed by atoms with van der Waals surface area (Å²) in [6.07, 6.45) is 0. The lowest BCUT2D eigenvalue weighted by molar-refractivity contribution is -0.118. The molecule has 2 aliphatic rings. The molecule has 1 N–H and O–H groups in total. The van der Waals surface area contributed by atoms with Crippen molar-refractivity contribution in [1.82, 2.24) is 15.1 Å². The largest absolute Gasteiger partial charge is 0.378 e. The van der Waals surface area contributed by atoms with Crippen LogP contribution in [0.2, 0.25) is 0 Å². The zero-order valence-corrected chi connectivity index (χ0v) is 13.6. The van der Waals surface area contributed by atoms with Gasteiger partial charge in [0.05, 0.1) is 19.3 Å². The lowest BCUT2D eigenvalue weighted by atomic mass is 10.1. The molecular weight excluding hydrogens is 266 g/mol. The monoisotopic (exact) mass is 295 g/mol. The maximum absolute atomic E-state index is 12.1. The number of carbonyl (C=O) groups excluding carboxylic acids is 1. The molecule has 0 bridgehead atoms. The topological polar surface area (TPSA) is 44.8 Å². The fourth-order valence-electron chi connectivity index (χ4n) is 2.54. The Hall–Kier alpha value is -0.910. The van der Waals surface area contributed by atoms with Gasteiger partial charge in [0.15, 0.2) is 0 Å². The standard InChI is InChI=1S/C16H29N3O2/c1-12(2)14(4)17-16(20)13(3)9-18-5-7-19(8-6-18)15-10-21-11-15/h12,14-15H,3,5-11H2,1-2,4H3,(H,17,20)/t14-/m0/s1. The maximum atomic E-state index is 12.1. The van der Waals surface area contributed by atoms with Crippen molar-refractivity contribution in [3.05, 3.63) is 12.2 Å². The first kappa shape index (κ1) is 16.5. The van der Waals surface area contributed by atoms with Crippen molar-refractivity contribution < 1.29 is 9.53 Å². The summed E-state index contributed by atoms with van der Waals surface area (Å²) in [6.45, 7) is 16.8. The van der Waals surface area contributed by atoms with E-state index < -0.39 is 0 Å². The summed E-state index contributed by atoms with van der Waals surface area (Å²) < 4.78 is 5.24. The van der Waals surface area contributed by atoms with Crippen molar-refractivity contribution >= 4 is 5.91 Å². The van der Waals surface area contributed by atoms with Crippen LogP contribution in [0.15, 0.2) is 12.2 Å². The molecule has 2 rings (SSSR count). The van der Waals surface area contributed by atoms with E-state index in [9.17, 15) is 4.79 Å². The molecule has 0 saturated carbocycles. The van der Waals surface area contributed by atoms with Crippen molar-refractivity contribution in [2.75, 3.05) is 45.9 Å². The number of hydrogen-bond acceptors (Lipinski definition) is 4. The van der Waals surface area contributed by atoms with Gasteiger partial charge in [-0.3, -0.25) is 14.6 Å². The number of ether oxygens (including phenoxy) is 1. The third kappa shape index (κ3) is 4.53. The molecule has 0 aromatic rings. The molecule has 0 aromatic heterocycles. The van der Waals surface area contributed by atoms with Gasteiger partial charge in [0.1, 0.15) is 0 Å². The predicted molar refractivity (Wildman–Crippen MR) is 84.2 cm³/mol. The summed E-state index contributed by atoms with van der Waals surface area (Å²) in [6, 6.07) is 0.801. The Morgan fingerprint density at radius 1 is 1.24 bits per heavy atom. The van der Waals surface area contributed by atoms with Gasteiger partial charge in [-0.05, 0) is 12.8 Å². The van der Waals surface area contributed by atoms with E-state index in [1.165, 1.54) is 0 Å². The first-order valence-corrected chi connectivity index (χ1v) is 8.00. The molecule has 1 amide bonds. The number of nitrogens with zero attached hydrogens (tertiary/aromatic N) is 2. The zero-order chi connectivity index (χ0) is 15.4. The van der Waals surface area contributed by atoms with Crippen molar-refractivity contribution in [2.24, 2.45) is 5.92 Å². The van der Waals surface area contributed by atoms with Crippen LogP contribution in [0, 0.1) is 5.92 Å². The molecule has 0 radical (unpaired) electrons. The minimum Gasteiger partial charge on any atom is -0.378 e. The van der Waals surface area contributed by atoms with Crippen LogP contribution in [0.4, 0.5) is 0 Å². The van der Waals surface area contributed by atoms with Gasteiger partial charge in [0, 0.05) is 44.3 Å². The number of nitrogens with one attached hydrogen (secondary N) is 1. The van der Waals surface area contributed by atoms with Crippen LogP contribution < -0.4 is 5.32 Å². The molecule has 0 spiro atoms. The zero-order valence-electron chi connectivity index (χ0n) is 13.6. The second-order valence-electron chi connectivity index (χ2n) is 6.61. The molecular formula is C16H29N3O2.